The van der Waals surface area contributed by atoms with Gasteiger partial charge in [0.05, 0.1) is 13.0 Å². The largest absolute Gasteiger partial charge is 0.469 e. The van der Waals surface area contributed by atoms with Crippen molar-refractivity contribution >= 4 is 5.97 Å². The first kappa shape index (κ1) is 11.8. The van der Waals surface area contributed by atoms with Gasteiger partial charge >= 0.3 is 5.97 Å². The molecule has 1 aliphatic carbocycles. The third-order valence-electron chi connectivity index (χ3n) is 2.59. The molecule has 2 rings (SSSR count). The van der Waals surface area contributed by atoms with Gasteiger partial charge in [0.1, 0.15) is 0 Å². The first-order chi connectivity index (χ1) is 7.31. The van der Waals surface area contributed by atoms with Crippen LogP contribution in [0, 0.1) is 5.92 Å². The first-order valence-corrected chi connectivity index (χ1v) is 5.46. The lowest BCUT2D eigenvalue weighted by Crippen LogP contribution is -2.15. The van der Waals surface area contributed by atoms with Crippen LogP contribution in [-0.4, -0.2) is 13.1 Å². The Morgan fingerprint density at radius 2 is 1.67 bits per heavy atom. The predicted octanol–water partition coefficient (Wildman–Crippen LogP) is 2.60. The third-order valence-corrected chi connectivity index (χ3v) is 2.59. The molecule has 0 spiro atoms. The smallest absolute Gasteiger partial charge is 0.309 e. The van der Waals surface area contributed by atoms with E-state index in [1.54, 1.807) is 0 Å². The number of methoxy groups -OCH3 is 1. The highest BCUT2D eigenvalue weighted by molar-refractivity contribution is 5.74. The summed E-state index contributed by atoms with van der Waals surface area (Å²) in [6, 6.07) is 8.19. The van der Waals surface area contributed by atoms with Crippen LogP contribution >= 0.6 is 0 Å². The Morgan fingerprint density at radius 3 is 2.07 bits per heavy atom. The van der Waals surface area contributed by atoms with Gasteiger partial charge in [-0.3, -0.25) is 4.79 Å². The van der Waals surface area contributed by atoms with E-state index in [1.807, 2.05) is 26.0 Å². The monoisotopic (exact) mass is 206 g/mol. The van der Waals surface area contributed by atoms with Crippen molar-refractivity contribution in [2.24, 2.45) is 5.92 Å². The second kappa shape index (κ2) is 5.54. The lowest BCUT2D eigenvalue weighted by molar-refractivity contribution is -0.145. The molecule has 1 aromatic carbocycles. The van der Waals surface area contributed by atoms with Crippen molar-refractivity contribution in [3.63, 3.8) is 0 Å². The molecular formula is C13H18O2. The van der Waals surface area contributed by atoms with E-state index in [0.717, 1.165) is 12.8 Å². The molecule has 0 unspecified atom stereocenters. The number of rotatable bonds is 1. The van der Waals surface area contributed by atoms with Crippen LogP contribution in [-0.2, 0) is 22.4 Å². The quantitative estimate of drug-likeness (QED) is 0.660. The molecular weight excluding hydrogens is 188 g/mol. The van der Waals surface area contributed by atoms with Gasteiger partial charge in [-0.2, -0.15) is 0 Å². The summed E-state index contributed by atoms with van der Waals surface area (Å²) in [5, 5.41) is 0. The normalized spacial score (nSPS) is 13.8. The Bertz CT molecular complexity index is 306. The van der Waals surface area contributed by atoms with Gasteiger partial charge in [-0.15, -0.1) is 0 Å². The Kier molecular flexibility index (Phi) is 4.35. The van der Waals surface area contributed by atoms with Crippen molar-refractivity contribution in [2.75, 3.05) is 7.11 Å². The zero-order valence-electron chi connectivity index (χ0n) is 9.62. The van der Waals surface area contributed by atoms with E-state index in [0.29, 0.717) is 0 Å². The lowest BCUT2D eigenvalue weighted by Gasteiger charge is -2.04. The van der Waals surface area contributed by atoms with Crippen molar-refractivity contribution in [3.8, 4) is 0 Å². The Balaban J connectivity index is 0.000000531. The number of carbonyl (C=O) groups is 1. The molecule has 0 heterocycles. The number of esters is 1. The van der Waals surface area contributed by atoms with E-state index in [-0.39, 0.29) is 11.9 Å². The maximum absolute atomic E-state index is 11.3. The van der Waals surface area contributed by atoms with E-state index in [2.05, 4.69) is 12.1 Å². The molecule has 0 aliphatic heterocycles. The highest BCUT2D eigenvalue weighted by Crippen LogP contribution is 2.26. The predicted molar refractivity (Wildman–Crippen MR) is 60.7 cm³/mol. The molecule has 2 nitrogen and oxygen atoms in total. The van der Waals surface area contributed by atoms with Gasteiger partial charge in [0, 0.05) is 0 Å². The standard InChI is InChI=1S/C11H12O2.C2H6/c1-13-11(12)10-6-8-4-2-3-5-9(8)7-10;1-2/h2-5,10H,6-7H2,1H3;1-2H3. The molecule has 0 saturated carbocycles. The molecule has 15 heavy (non-hydrogen) atoms. The van der Waals surface area contributed by atoms with Crippen molar-refractivity contribution in [2.45, 2.75) is 26.7 Å². The van der Waals surface area contributed by atoms with Crippen LogP contribution in [0.1, 0.15) is 25.0 Å². The summed E-state index contributed by atoms with van der Waals surface area (Å²) in [5.41, 5.74) is 2.58. The van der Waals surface area contributed by atoms with Gasteiger partial charge in [0.25, 0.3) is 0 Å². The van der Waals surface area contributed by atoms with Crippen LogP contribution in [0.3, 0.4) is 0 Å². The molecule has 0 fully saturated rings. The van der Waals surface area contributed by atoms with Gasteiger partial charge in [0.2, 0.25) is 0 Å². The molecule has 0 radical (unpaired) electrons. The Labute approximate surface area is 91.3 Å². The fraction of sp³-hybridized carbons (Fsp3) is 0.462. The minimum atomic E-state index is -0.0869. The zero-order valence-corrected chi connectivity index (χ0v) is 9.62. The first-order valence-electron chi connectivity index (χ1n) is 5.46. The summed E-state index contributed by atoms with van der Waals surface area (Å²) in [7, 11) is 1.45. The fourth-order valence-electron chi connectivity index (χ4n) is 1.89. The molecule has 1 aromatic rings. The summed E-state index contributed by atoms with van der Waals surface area (Å²) in [4.78, 5) is 11.3. The van der Waals surface area contributed by atoms with E-state index in [9.17, 15) is 4.79 Å². The van der Waals surface area contributed by atoms with E-state index in [1.165, 1.54) is 18.2 Å². The highest BCUT2D eigenvalue weighted by atomic mass is 16.5. The SMILES string of the molecule is CC.COC(=O)C1Cc2ccccc2C1. The van der Waals surface area contributed by atoms with Crippen LogP contribution in [0.2, 0.25) is 0 Å². The maximum atomic E-state index is 11.3. The average molecular weight is 206 g/mol. The molecule has 0 amide bonds. The number of fused-ring (bicyclic) bond motifs is 1. The fourth-order valence-corrected chi connectivity index (χ4v) is 1.89. The molecule has 0 aromatic heterocycles. The highest BCUT2D eigenvalue weighted by Gasteiger charge is 2.27. The Hall–Kier alpha value is -1.31. The molecule has 0 bridgehead atoms. The maximum Gasteiger partial charge on any atom is 0.309 e. The second-order valence-corrected chi connectivity index (χ2v) is 3.40. The van der Waals surface area contributed by atoms with Crippen LogP contribution < -0.4 is 0 Å². The van der Waals surface area contributed by atoms with Crippen molar-refractivity contribution in [3.05, 3.63) is 35.4 Å². The average Bonchev–Trinajstić information content (AvgIpc) is 2.74. The third kappa shape index (κ3) is 2.58. The van der Waals surface area contributed by atoms with Gasteiger partial charge < -0.3 is 4.74 Å². The van der Waals surface area contributed by atoms with Crippen molar-refractivity contribution in [1.29, 1.82) is 0 Å². The van der Waals surface area contributed by atoms with Gasteiger partial charge in [0.15, 0.2) is 0 Å². The van der Waals surface area contributed by atoms with Crippen LogP contribution in [0.15, 0.2) is 24.3 Å². The number of hydrogen-bond donors (Lipinski definition) is 0. The summed E-state index contributed by atoms with van der Waals surface area (Å²) in [6.07, 6.45) is 1.67. The zero-order chi connectivity index (χ0) is 11.3. The molecule has 82 valence electrons. The second-order valence-electron chi connectivity index (χ2n) is 3.40. The summed E-state index contributed by atoms with van der Waals surface area (Å²) < 4.78 is 4.73. The molecule has 2 heteroatoms. The van der Waals surface area contributed by atoms with Gasteiger partial charge in [-0.05, 0) is 24.0 Å². The number of ether oxygens (including phenoxy) is 1. The van der Waals surface area contributed by atoms with E-state index < -0.39 is 0 Å². The number of benzene rings is 1. The van der Waals surface area contributed by atoms with Crippen LogP contribution in [0.25, 0.3) is 0 Å². The molecule has 0 N–H and O–H groups in total. The number of carbonyl (C=O) groups excluding carboxylic acids is 1. The summed E-state index contributed by atoms with van der Waals surface area (Å²) in [6.45, 7) is 4.00. The van der Waals surface area contributed by atoms with Gasteiger partial charge in [-0.1, -0.05) is 38.1 Å². The minimum absolute atomic E-state index is 0.0439. The summed E-state index contributed by atoms with van der Waals surface area (Å²) in [5.74, 6) is -0.0430. The van der Waals surface area contributed by atoms with Crippen molar-refractivity contribution < 1.29 is 9.53 Å². The minimum Gasteiger partial charge on any atom is -0.469 e. The van der Waals surface area contributed by atoms with E-state index in [4.69, 9.17) is 4.74 Å². The Morgan fingerprint density at radius 1 is 1.20 bits per heavy atom. The number of hydrogen-bond acceptors (Lipinski definition) is 2. The van der Waals surface area contributed by atoms with Crippen LogP contribution in [0.5, 0.6) is 0 Å². The van der Waals surface area contributed by atoms with E-state index >= 15 is 0 Å². The summed E-state index contributed by atoms with van der Waals surface area (Å²) >= 11 is 0. The molecule has 0 atom stereocenters. The van der Waals surface area contributed by atoms with Crippen molar-refractivity contribution in [1.82, 2.24) is 0 Å². The van der Waals surface area contributed by atoms with Gasteiger partial charge in [-0.25, -0.2) is 0 Å². The molecule has 0 saturated heterocycles. The van der Waals surface area contributed by atoms with Crippen LogP contribution in [0.4, 0.5) is 0 Å². The molecule has 1 aliphatic rings. The topological polar surface area (TPSA) is 26.3 Å². The lowest BCUT2D eigenvalue weighted by atomic mass is 10.1.